The lowest BCUT2D eigenvalue weighted by molar-refractivity contribution is -0.137. The normalized spacial score (nSPS) is 24.8. The molecule has 2 heterocycles. The van der Waals surface area contributed by atoms with Crippen LogP contribution in [-0.2, 0) is 12.7 Å². The number of halogens is 3. The van der Waals surface area contributed by atoms with Crippen LogP contribution in [0.5, 0.6) is 0 Å². The van der Waals surface area contributed by atoms with Crippen LogP contribution in [0.2, 0.25) is 0 Å². The third-order valence-corrected chi connectivity index (χ3v) is 4.80. The van der Waals surface area contributed by atoms with Crippen molar-refractivity contribution >= 4 is 0 Å². The number of benzene rings is 1. The summed E-state index contributed by atoms with van der Waals surface area (Å²) in [5.74, 6) is 0. The molecule has 0 spiro atoms. The second kappa shape index (κ2) is 6.59. The Labute approximate surface area is 129 Å². The van der Waals surface area contributed by atoms with Gasteiger partial charge >= 0.3 is 6.18 Å². The van der Waals surface area contributed by atoms with Gasteiger partial charge < -0.3 is 0 Å². The summed E-state index contributed by atoms with van der Waals surface area (Å²) >= 11 is 0. The maximum atomic E-state index is 12.8. The van der Waals surface area contributed by atoms with E-state index in [1.165, 1.54) is 44.5 Å². The molecule has 0 amide bonds. The number of alkyl halides is 3. The highest BCUT2D eigenvalue weighted by Crippen LogP contribution is 2.30. The topological polar surface area (TPSA) is 6.48 Å². The molecule has 1 unspecified atom stereocenters. The maximum absolute atomic E-state index is 12.8. The molecule has 2 saturated heterocycles. The Morgan fingerprint density at radius 2 is 1.82 bits per heavy atom. The van der Waals surface area contributed by atoms with Crippen molar-refractivity contribution in [3.63, 3.8) is 0 Å². The van der Waals surface area contributed by atoms with E-state index in [0.717, 1.165) is 31.1 Å². The Bertz CT molecular complexity index is 495. The summed E-state index contributed by atoms with van der Waals surface area (Å²) in [6.07, 6.45) is 0.670. The summed E-state index contributed by atoms with van der Waals surface area (Å²) in [7, 11) is 0. The molecule has 2 nitrogen and oxygen atoms in total. The molecule has 3 rings (SSSR count). The zero-order valence-corrected chi connectivity index (χ0v) is 12.8. The molecule has 0 bridgehead atoms. The molecule has 2 aliphatic rings. The van der Waals surface area contributed by atoms with Gasteiger partial charge in [-0.1, -0.05) is 18.2 Å². The van der Waals surface area contributed by atoms with Gasteiger partial charge in [-0.2, -0.15) is 13.2 Å². The third kappa shape index (κ3) is 3.82. The minimum atomic E-state index is -4.25. The van der Waals surface area contributed by atoms with Crippen molar-refractivity contribution in [2.75, 3.05) is 26.2 Å². The highest BCUT2D eigenvalue weighted by Gasteiger charge is 2.31. The highest BCUT2D eigenvalue weighted by molar-refractivity contribution is 5.25. The Morgan fingerprint density at radius 3 is 2.55 bits per heavy atom. The van der Waals surface area contributed by atoms with E-state index in [4.69, 9.17) is 0 Å². The van der Waals surface area contributed by atoms with Crippen molar-refractivity contribution in [3.05, 3.63) is 35.4 Å². The zero-order valence-electron chi connectivity index (χ0n) is 12.8. The van der Waals surface area contributed by atoms with Gasteiger partial charge in [-0.15, -0.1) is 0 Å². The average Bonchev–Trinajstić information content (AvgIpc) is 3.01. The molecule has 22 heavy (non-hydrogen) atoms. The lowest BCUT2D eigenvalue weighted by atomic mass is 10.0. The van der Waals surface area contributed by atoms with Crippen molar-refractivity contribution < 1.29 is 13.2 Å². The van der Waals surface area contributed by atoms with E-state index in [1.54, 1.807) is 6.07 Å². The maximum Gasteiger partial charge on any atom is 0.416 e. The van der Waals surface area contributed by atoms with Gasteiger partial charge in [0.2, 0.25) is 0 Å². The first kappa shape index (κ1) is 15.8. The van der Waals surface area contributed by atoms with Crippen LogP contribution in [-0.4, -0.2) is 42.0 Å². The summed E-state index contributed by atoms with van der Waals surface area (Å²) in [5, 5.41) is 0. The van der Waals surface area contributed by atoms with Crippen LogP contribution in [0.4, 0.5) is 13.2 Å². The second-order valence-corrected chi connectivity index (χ2v) is 6.47. The molecule has 1 aromatic rings. The van der Waals surface area contributed by atoms with Crippen LogP contribution < -0.4 is 0 Å². The van der Waals surface area contributed by atoms with E-state index in [1.807, 2.05) is 0 Å². The lowest BCUT2D eigenvalue weighted by Crippen LogP contribution is -2.46. The monoisotopic (exact) mass is 312 g/mol. The predicted octanol–water partition coefficient (Wildman–Crippen LogP) is 3.77. The van der Waals surface area contributed by atoms with Crippen LogP contribution in [0.15, 0.2) is 24.3 Å². The van der Waals surface area contributed by atoms with E-state index in [0.29, 0.717) is 12.6 Å². The van der Waals surface area contributed by atoms with E-state index < -0.39 is 11.7 Å². The van der Waals surface area contributed by atoms with Gasteiger partial charge in [0.1, 0.15) is 0 Å². The predicted molar refractivity (Wildman–Crippen MR) is 80.6 cm³/mol. The van der Waals surface area contributed by atoms with Gasteiger partial charge in [0, 0.05) is 19.1 Å². The summed E-state index contributed by atoms with van der Waals surface area (Å²) in [6, 6.07) is 6.34. The van der Waals surface area contributed by atoms with Gasteiger partial charge in [0.25, 0.3) is 0 Å². The van der Waals surface area contributed by atoms with Crippen LogP contribution in [0.3, 0.4) is 0 Å². The van der Waals surface area contributed by atoms with Crippen LogP contribution in [0, 0.1) is 0 Å². The first-order valence-corrected chi connectivity index (χ1v) is 8.15. The Morgan fingerprint density at radius 1 is 1.05 bits per heavy atom. The molecule has 0 aromatic heterocycles. The van der Waals surface area contributed by atoms with Crippen molar-refractivity contribution in [3.8, 4) is 0 Å². The number of likely N-dealkylation sites (tertiary alicyclic amines) is 2. The highest BCUT2D eigenvalue weighted by atomic mass is 19.4. The molecule has 0 radical (unpaired) electrons. The fraction of sp³-hybridized carbons (Fsp3) is 0.647. The third-order valence-electron chi connectivity index (χ3n) is 4.80. The lowest BCUT2D eigenvalue weighted by Gasteiger charge is -2.37. The van der Waals surface area contributed by atoms with Gasteiger partial charge in [0.15, 0.2) is 0 Å². The smallest absolute Gasteiger partial charge is 0.299 e. The molecular formula is C17H23F3N2. The minimum Gasteiger partial charge on any atom is -0.299 e. The average molecular weight is 312 g/mol. The molecule has 122 valence electrons. The largest absolute Gasteiger partial charge is 0.416 e. The number of hydrogen-bond donors (Lipinski definition) is 0. The molecule has 0 N–H and O–H groups in total. The van der Waals surface area contributed by atoms with Crippen LogP contribution in [0.1, 0.15) is 36.8 Å². The van der Waals surface area contributed by atoms with Crippen molar-refractivity contribution in [2.24, 2.45) is 0 Å². The van der Waals surface area contributed by atoms with Gasteiger partial charge in [0.05, 0.1) is 5.56 Å². The first-order chi connectivity index (χ1) is 10.5. The van der Waals surface area contributed by atoms with E-state index in [9.17, 15) is 13.2 Å². The van der Waals surface area contributed by atoms with Crippen LogP contribution >= 0.6 is 0 Å². The zero-order chi connectivity index (χ0) is 15.6. The molecule has 2 aliphatic heterocycles. The number of hydrogen-bond acceptors (Lipinski definition) is 2. The Balaban J connectivity index is 1.62. The summed E-state index contributed by atoms with van der Waals surface area (Å²) < 4.78 is 38.4. The van der Waals surface area contributed by atoms with Crippen molar-refractivity contribution in [1.82, 2.24) is 9.80 Å². The molecule has 0 saturated carbocycles. The quantitative estimate of drug-likeness (QED) is 0.838. The van der Waals surface area contributed by atoms with Gasteiger partial charge in [-0.25, -0.2) is 0 Å². The van der Waals surface area contributed by atoms with E-state index in [2.05, 4.69) is 9.80 Å². The van der Waals surface area contributed by atoms with Gasteiger partial charge in [-0.3, -0.25) is 9.80 Å². The number of piperidine rings is 1. The number of rotatable bonds is 3. The van der Waals surface area contributed by atoms with Crippen molar-refractivity contribution in [2.45, 2.75) is 44.4 Å². The molecule has 5 heteroatoms. The summed E-state index contributed by atoms with van der Waals surface area (Å²) in [5.41, 5.74) is 0.218. The molecule has 1 atom stereocenters. The summed E-state index contributed by atoms with van der Waals surface area (Å²) in [6.45, 7) is 4.95. The number of nitrogens with zero attached hydrogens (tertiary/aromatic N) is 2. The van der Waals surface area contributed by atoms with Crippen molar-refractivity contribution in [1.29, 1.82) is 0 Å². The second-order valence-electron chi connectivity index (χ2n) is 6.47. The van der Waals surface area contributed by atoms with Crippen LogP contribution in [0.25, 0.3) is 0 Å². The fourth-order valence-electron chi connectivity index (χ4n) is 3.68. The SMILES string of the molecule is FC(F)(F)c1cccc(CN2CCCC(N3CCCC3)C2)c1. The minimum absolute atomic E-state index is 0.543. The Kier molecular flexibility index (Phi) is 4.73. The van der Waals surface area contributed by atoms with Gasteiger partial charge in [-0.05, 0) is 56.9 Å². The molecule has 2 fully saturated rings. The first-order valence-electron chi connectivity index (χ1n) is 8.15. The molecular weight excluding hydrogens is 289 g/mol. The van der Waals surface area contributed by atoms with E-state index in [-0.39, 0.29) is 0 Å². The Hall–Kier alpha value is -1.07. The summed E-state index contributed by atoms with van der Waals surface area (Å²) in [4.78, 5) is 4.86. The molecule has 0 aliphatic carbocycles. The standard InChI is InChI=1S/C17H23F3N2/c18-17(19,20)15-6-3-5-14(11-15)12-21-8-4-7-16(13-21)22-9-1-2-10-22/h3,5-6,11,16H,1-2,4,7-10,12-13H2. The fourth-order valence-corrected chi connectivity index (χ4v) is 3.68. The van der Waals surface area contributed by atoms with E-state index >= 15 is 0 Å². The molecule has 1 aromatic carbocycles.